The zero-order valence-corrected chi connectivity index (χ0v) is 11.8. The molecular formula is C11H13BrN2O6. The second-order valence-corrected chi connectivity index (χ2v) is 4.90. The van der Waals surface area contributed by atoms with E-state index in [9.17, 15) is 14.9 Å². The van der Waals surface area contributed by atoms with Crippen molar-refractivity contribution in [3.05, 3.63) is 38.3 Å². The highest BCUT2D eigenvalue weighted by molar-refractivity contribution is 9.10. The van der Waals surface area contributed by atoms with E-state index in [4.69, 9.17) is 15.3 Å². The molecule has 0 radical (unpaired) electrons. The van der Waals surface area contributed by atoms with Crippen molar-refractivity contribution >= 4 is 27.5 Å². The van der Waals surface area contributed by atoms with E-state index >= 15 is 0 Å². The topological polar surface area (TPSA) is 133 Å². The maximum Gasteiger partial charge on any atom is 0.284 e. The van der Waals surface area contributed by atoms with Gasteiger partial charge in [0.1, 0.15) is 10.0 Å². The summed E-state index contributed by atoms with van der Waals surface area (Å²) < 4.78 is -0.0229. The number of nitrogens with one attached hydrogen (secondary N) is 1. The predicted octanol–water partition coefficient (Wildman–Crippen LogP) is -0.197. The van der Waals surface area contributed by atoms with Crippen LogP contribution in [0.1, 0.15) is 10.4 Å². The lowest BCUT2D eigenvalue weighted by molar-refractivity contribution is -0.385. The molecule has 0 atom stereocenters. The van der Waals surface area contributed by atoms with Gasteiger partial charge in [0.2, 0.25) is 0 Å². The van der Waals surface area contributed by atoms with Crippen LogP contribution >= 0.6 is 15.9 Å². The second kappa shape index (κ2) is 6.75. The fourth-order valence-electron chi connectivity index (χ4n) is 1.41. The molecule has 0 saturated carbocycles. The van der Waals surface area contributed by atoms with Gasteiger partial charge in [-0.25, -0.2) is 0 Å². The van der Waals surface area contributed by atoms with Gasteiger partial charge in [-0.05, 0) is 22.0 Å². The summed E-state index contributed by atoms with van der Waals surface area (Å²) >= 11 is 2.97. The number of carbonyl (C=O) groups is 1. The summed E-state index contributed by atoms with van der Waals surface area (Å²) in [4.78, 5) is 22.2. The monoisotopic (exact) mass is 348 g/mol. The molecule has 0 fully saturated rings. The summed E-state index contributed by atoms with van der Waals surface area (Å²) in [7, 11) is 0. The molecule has 1 aromatic carbocycles. The van der Waals surface area contributed by atoms with Gasteiger partial charge < -0.3 is 20.6 Å². The van der Waals surface area contributed by atoms with Crippen molar-refractivity contribution in [1.82, 2.24) is 5.32 Å². The first kappa shape index (κ1) is 16.5. The number of nitro benzene ring substituents is 1. The lowest BCUT2D eigenvalue weighted by Gasteiger charge is -2.28. The minimum Gasteiger partial charge on any atom is -0.394 e. The van der Waals surface area contributed by atoms with Crippen molar-refractivity contribution in [2.45, 2.75) is 5.54 Å². The van der Waals surface area contributed by atoms with Crippen molar-refractivity contribution in [3.63, 3.8) is 0 Å². The van der Waals surface area contributed by atoms with Gasteiger partial charge in [0.25, 0.3) is 11.6 Å². The molecule has 0 unspecified atom stereocenters. The largest absolute Gasteiger partial charge is 0.394 e. The van der Waals surface area contributed by atoms with E-state index < -0.39 is 36.2 Å². The molecule has 0 aliphatic carbocycles. The first-order valence-corrected chi connectivity index (χ1v) is 6.28. The molecule has 0 aliphatic heterocycles. The number of halogens is 1. The Balaban J connectivity index is 3.10. The van der Waals surface area contributed by atoms with Gasteiger partial charge in [-0.15, -0.1) is 0 Å². The molecule has 1 rings (SSSR count). The van der Waals surface area contributed by atoms with Crippen LogP contribution in [0.2, 0.25) is 0 Å². The molecule has 0 aliphatic rings. The van der Waals surface area contributed by atoms with Crippen LogP contribution in [-0.2, 0) is 0 Å². The quantitative estimate of drug-likeness (QED) is 0.415. The number of nitro groups is 1. The smallest absolute Gasteiger partial charge is 0.284 e. The third kappa shape index (κ3) is 3.31. The lowest BCUT2D eigenvalue weighted by Crippen LogP contribution is -2.57. The number of aliphatic hydroxyl groups is 3. The van der Waals surface area contributed by atoms with Crippen LogP contribution in [0.25, 0.3) is 0 Å². The number of benzene rings is 1. The molecule has 1 amide bonds. The van der Waals surface area contributed by atoms with Gasteiger partial charge in [0, 0.05) is 6.07 Å². The van der Waals surface area contributed by atoms with Gasteiger partial charge >= 0.3 is 0 Å². The molecule has 8 nitrogen and oxygen atoms in total. The average Bonchev–Trinajstić information content (AvgIpc) is 2.44. The summed E-state index contributed by atoms with van der Waals surface area (Å²) in [5.41, 5.74) is -1.93. The van der Waals surface area contributed by atoms with Gasteiger partial charge in [0.15, 0.2) is 0 Å². The highest BCUT2D eigenvalue weighted by atomic mass is 79.9. The van der Waals surface area contributed by atoms with E-state index in [0.29, 0.717) is 0 Å². The first-order chi connectivity index (χ1) is 9.40. The van der Waals surface area contributed by atoms with Crippen molar-refractivity contribution in [2.24, 2.45) is 0 Å². The second-order valence-electron chi connectivity index (χ2n) is 4.10. The van der Waals surface area contributed by atoms with E-state index in [2.05, 4.69) is 21.2 Å². The molecule has 9 heteroatoms. The van der Waals surface area contributed by atoms with Crippen LogP contribution < -0.4 is 5.32 Å². The fraction of sp³-hybridized carbons (Fsp3) is 0.364. The van der Waals surface area contributed by atoms with Crippen LogP contribution in [0.5, 0.6) is 0 Å². The third-order valence-electron chi connectivity index (χ3n) is 2.71. The first-order valence-electron chi connectivity index (χ1n) is 5.49. The maximum atomic E-state index is 12.0. The summed E-state index contributed by atoms with van der Waals surface area (Å²) in [5.74, 6) is -0.766. The minimum absolute atomic E-state index is 0.0229. The highest BCUT2D eigenvalue weighted by Crippen LogP contribution is 2.28. The Morgan fingerprint density at radius 2 is 1.85 bits per heavy atom. The highest BCUT2D eigenvalue weighted by Gasteiger charge is 2.31. The van der Waals surface area contributed by atoms with Gasteiger partial charge in [-0.3, -0.25) is 14.9 Å². The standard InChI is InChI=1S/C11H13BrN2O6/c12-9-7(2-1-3-8(9)14(19)20)10(18)13-11(4-15,5-16)6-17/h1-3,15-17H,4-6H2,(H,13,18). The van der Waals surface area contributed by atoms with E-state index in [1.54, 1.807) is 0 Å². The molecule has 0 heterocycles. The predicted molar refractivity (Wildman–Crippen MR) is 72.3 cm³/mol. The zero-order valence-electron chi connectivity index (χ0n) is 10.2. The van der Waals surface area contributed by atoms with E-state index in [1.165, 1.54) is 18.2 Å². The molecule has 4 N–H and O–H groups in total. The number of hydrogen-bond acceptors (Lipinski definition) is 6. The third-order valence-corrected chi connectivity index (χ3v) is 3.54. The number of hydrogen-bond donors (Lipinski definition) is 4. The molecule has 0 spiro atoms. The number of rotatable bonds is 6. The number of nitrogens with zero attached hydrogens (tertiary/aromatic N) is 1. The molecule has 1 aromatic rings. The van der Waals surface area contributed by atoms with Gasteiger partial charge in [-0.1, -0.05) is 6.07 Å². The number of amides is 1. The maximum absolute atomic E-state index is 12.0. The molecular weight excluding hydrogens is 336 g/mol. The Hall–Kier alpha value is -1.55. The summed E-state index contributed by atoms with van der Waals surface area (Å²) in [6.07, 6.45) is 0. The SMILES string of the molecule is O=C(NC(CO)(CO)CO)c1cccc([N+](=O)[O-])c1Br. The Kier molecular flexibility index (Phi) is 5.57. The number of aliphatic hydroxyl groups excluding tert-OH is 3. The molecule has 0 bridgehead atoms. The van der Waals surface area contributed by atoms with Gasteiger partial charge in [-0.2, -0.15) is 0 Å². The van der Waals surface area contributed by atoms with Crippen LogP contribution in [0.3, 0.4) is 0 Å². The van der Waals surface area contributed by atoms with E-state index in [1.807, 2.05) is 0 Å². The van der Waals surface area contributed by atoms with Crippen LogP contribution in [-0.4, -0.2) is 51.5 Å². The Morgan fingerprint density at radius 3 is 2.30 bits per heavy atom. The molecule has 0 saturated heterocycles. The summed E-state index contributed by atoms with van der Waals surface area (Å²) in [5, 5.41) is 40.4. The zero-order chi connectivity index (χ0) is 15.3. The average molecular weight is 349 g/mol. The molecule has 0 aromatic heterocycles. The Morgan fingerprint density at radius 1 is 1.30 bits per heavy atom. The van der Waals surface area contributed by atoms with E-state index in [-0.39, 0.29) is 15.7 Å². The summed E-state index contributed by atoms with van der Waals surface area (Å²) in [6.45, 7) is -2.05. The van der Waals surface area contributed by atoms with Crippen molar-refractivity contribution < 1.29 is 25.0 Å². The number of carbonyl (C=O) groups excluding carboxylic acids is 1. The van der Waals surface area contributed by atoms with Crippen molar-refractivity contribution in [1.29, 1.82) is 0 Å². The van der Waals surface area contributed by atoms with Crippen LogP contribution in [0.4, 0.5) is 5.69 Å². The normalized spacial score (nSPS) is 11.2. The minimum atomic E-state index is -1.60. The van der Waals surface area contributed by atoms with Crippen molar-refractivity contribution in [3.8, 4) is 0 Å². The summed E-state index contributed by atoms with van der Waals surface area (Å²) in [6, 6.07) is 3.89. The van der Waals surface area contributed by atoms with Gasteiger partial charge in [0.05, 0.1) is 30.3 Å². The molecule has 20 heavy (non-hydrogen) atoms. The van der Waals surface area contributed by atoms with E-state index in [0.717, 1.165) is 0 Å². The Labute approximate surface area is 122 Å². The lowest BCUT2D eigenvalue weighted by atomic mass is 10.0. The molecule has 110 valence electrons. The Bertz CT molecular complexity index is 509. The fourth-order valence-corrected chi connectivity index (χ4v) is 2.00. The van der Waals surface area contributed by atoms with Crippen LogP contribution in [0, 0.1) is 10.1 Å². The van der Waals surface area contributed by atoms with Crippen LogP contribution in [0.15, 0.2) is 22.7 Å². The van der Waals surface area contributed by atoms with Crippen molar-refractivity contribution in [2.75, 3.05) is 19.8 Å².